The topological polar surface area (TPSA) is 33.1 Å². The normalized spacial score (nSPS) is 12.7. The largest absolute Gasteiger partial charge is 0.387 e. The van der Waals surface area contributed by atoms with Crippen LogP contribution in [0.25, 0.3) is 0 Å². The molecule has 2 aromatic rings. The maximum atomic E-state index is 13.4. The van der Waals surface area contributed by atoms with E-state index in [4.69, 9.17) is 0 Å². The van der Waals surface area contributed by atoms with Crippen LogP contribution < -0.4 is 0 Å². The van der Waals surface area contributed by atoms with E-state index in [1.54, 1.807) is 12.4 Å². The van der Waals surface area contributed by atoms with Gasteiger partial charge >= 0.3 is 0 Å². The number of nitrogens with zero attached hydrogens (tertiary/aromatic N) is 1. The molecule has 0 amide bonds. The van der Waals surface area contributed by atoms with Crippen molar-refractivity contribution in [3.05, 3.63) is 51.5 Å². The molecule has 1 heterocycles. The number of aliphatic hydroxyl groups is 1. The lowest BCUT2D eigenvalue weighted by molar-refractivity contribution is 0.180. The molecule has 5 heteroatoms. The van der Waals surface area contributed by atoms with Gasteiger partial charge < -0.3 is 5.11 Å². The first-order valence-corrected chi connectivity index (χ1v) is 5.98. The zero-order chi connectivity index (χ0) is 12.4. The molecule has 0 radical (unpaired) electrons. The van der Waals surface area contributed by atoms with Gasteiger partial charge in [0.1, 0.15) is 11.6 Å². The zero-order valence-electron chi connectivity index (χ0n) is 9.15. The lowest BCUT2D eigenvalue weighted by Gasteiger charge is -2.10. The summed E-state index contributed by atoms with van der Waals surface area (Å²) in [5, 5.41) is 9.94. The van der Waals surface area contributed by atoms with Crippen LogP contribution in [-0.2, 0) is 6.42 Å². The molecule has 1 atom stereocenters. The van der Waals surface area contributed by atoms with Crippen molar-refractivity contribution >= 4 is 11.3 Å². The summed E-state index contributed by atoms with van der Waals surface area (Å²) in [5.74, 6) is -1.01. The molecule has 1 aromatic heterocycles. The Hall–Kier alpha value is -1.33. The average molecular weight is 255 g/mol. The van der Waals surface area contributed by atoms with E-state index in [0.29, 0.717) is 4.88 Å². The van der Waals surface area contributed by atoms with Crippen molar-refractivity contribution in [2.75, 3.05) is 0 Å². The fourth-order valence-electron chi connectivity index (χ4n) is 1.63. The number of aryl methyl sites for hydroxylation is 1. The van der Waals surface area contributed by atoms with Crippen molar-refractivity contribution in [2.45, 2.75) is 19.4 Å². The van der Waals surface area contributed by atoms with Gasteiger partial charge in [0, 0.05) is 6.42 Å². The monoisotopic (exact) mass is 255 g/mol. The highest BCUT2D eigenvalue weighted by molar-refractivity contribution is 7.09. The van der Waals surface area contributed by atoms with Crippen molar-refractivity contribution in [1.82, 2.24) is 4.98 Å². The Morgan fingerprint density at radius 3 is 2.82 bits per heavy atom. The molecule has 2 nitrogen and oxygen atoms in total. The van der Waals surface area contributed by atoms with E-state index in [-0.39, 0.29) is 12.0 Å². The number of thiazole rings is 1. The Bertz CT molecular complexity index is 527. The molecule has 0 fully saturated rings. The minimum Gasteiger partial charge on any atom is -0.387 e. The molecule has 17 heavy (non-hydrogen) atoms. The molecule has 0 aliphatic carbocycles. The Morgan fingerprint density at radius 2 is 2.18 bits per heavy atom. The van der Waals surface area contributed by atoms with Crippen LogP contribution in [0.1, 0.15) is 22.2 Å². The predicted molar refractivity (Wildman–Crippen MR) is 61.9 cm³/mol. The minimum atomic E-state index is -0.848. The average Bonchev–Trinajstić information content (AvgIpc) is 2.70. The molecule has 0 saturated carbocycles. The summed E-state index contributed by atoms with van der Waals surface area (Å²) < 4.78 is 26.3. The number of aromatic nitrogens is 1. The third-order valence-corrected chi connectivity index (χ3v) is 3.54. The van der Waals surface area contributed by atoms with E-state index in [2.05, 4.69) is 4.98 Å². The van der Waals surface area contributed by atoms with E-state index in [1.165, 1.54) is 11.3 Å². The molecule has 90 valence electrons. The van der Waals surface area contributed by atoms with Gasteiger partial charge in [0.15, 0.2) is 0 Å². The quantitative estimate of drug-likeness (QED) is 0.914. The predicted octanol–water partition coefficient (Wildman–Crippen LogP) is 3.01. The van der Waals surface area contributed by atoms with E-state index in [0.717, 1.165) is 23.9 Å². The number of hydrogen-bond acceptors (Lipinski definition) is 3. The third-order valence-electron chi connectivity index (χ3n) is 2.51. The summed E-state index contributed by atoms with van der Waals surface area (Å²) in [4.78, 5) is 4.70. The summed E-state index contributed by atoms with van der Waals surface area (Å²) in [5.41, 5.74) is 2.51. The van der Waals surface area contributed by atoms with Gasteiger partial charge in [-0.3, -0.25) is 0 Å². The number of benzene rings is 1. The van der Waals surface area contributed by atoms with Crippen molar-refractivity contribution in [3.8, 4) is 0 Å². The van der Waals surface area contributed by atoms with Gasteiger partial charge in [-0.2, -0.15) is 0 Å². The van der Waals surface area contributed by atoms with E-state index < -0.39 is 17.7 Å². The lowest BCUT2D eigenvalue weighted by Crippen LogP contribution is -2.03. The zero-order valence-corrected chi connectivity index (χ0v) is 9.97. The van der Waals surface area contributed by atoms with Gasteiger partial charge in [0.25, 0.3) is 0 Å². The molecule has 0 bridgehead atoms. The third kappa shape index (κ3) is 2.68. The number of aliphatic hydroxyl groups excluding tert-OH is 1. The van der Waals surface area contributed by atoms with Crippen LogP contribution in [0.3, 0.4) is 0 Å². The first kappa shape index (κ1) is 12.1. The van der Waals surface area contributed by atoms with Gasteiger partial charge in [-0.25, -0.2) is 13.8 Å². The molecular weight excluding hydrogens is 244 g/mol. The van der Waals surface area contributed by atoms with Crippen LogP contribution in [0, 0.1) is 18.6 Å². The van der Waals surface area contributed by atoms with Gasteiger partial charge in [0.05, 0.1) is 22.2 Å². The van der Waals surface area contributed by atoms with Crippen LogP contribution in [0.4, 0.5) is 8.78 Å². The molecule has 1 unspecified atom stereocenters. The molecule has 0 aliphatic heterocycles. The summed E-state index contributed by atoms with van der Waals surface area (Å²) >= 11 is 1.31. The first-order valence-electron chi connectivity index (χ1n) is 5.10. The molecule has 0 aliphatic rings. The summed E-state index contributed by atoms with van der Waals surface area (Å²) in [6.07, 6.45) is -0.800. The van der Waals surface area contributed by atoms with Crippen molar-refractivity contribution < 1.29 is 13.9 Å². The van der Waals surface area contributed by atoms with Crippen LogP contribution in [0.15, 0.2) is 23.7 Å². The van der Waals surface area contributed by atoms with Gasteiger partial charge in [0.2, 0.25) is 0 Å². The summed E-state index contributed by atoms with van der Waals surface area (Å²) in [6, 6.07) is 3.23. The molecule has 0 saturated heterocycles. The Morgan fingerprint density at radius 1 is 1.41 bits per heavy atom. The fraction of sp³-hybridized carbons (Fsp3) is 0.250. The molecule has 1 N–H and O–H groups in total. The van der Waals surface area contributed by atoms with Crippen molar-refractivity contribution in [2.24, 2.45) is 0 Å². The van der Waals surface area contributed by atoms with Crippen molar-refractivity contribution in [3.63, 3.8) is 0 Å². The maximum absolute atomic E-state index is 13.4. The number of hydrogen-bond donors (Lipinski definition) is 1. The van der Waals surface area contributed by atoms with E-state index in [9.17, 15) is 13.9 Å². The van der Waals surface area contributed by atoms with Crippen LogP contribution >= 0.6 is 11.3 Å². The Kier molecular flexibility index (Phi) is 3.49. The van der Waals surface area contributed by atoms with Crippen LogP contribution in [0.5, 0.6) is 0 Å². The number of halogens is 2. The maximum Gasteiger partial charge on any atom is 0.126 e. The molecule has 1 aromatic carbocycles. The van der Waals surface area contributed by atoms with E-state index in [1.807, 2.05) is 0 Å². The highest BCUT2D eigenvalue weighted by Crippen LogP contribution is 2.25. The lowest BCUT2D eigenvalue weighted by atomic mass is 10.1. The van der Waals surface area contributed by atoms with Gasteiger partial charge in [-0.05, 0) is 30.7 Å². The summed E-state index contributed by atoms with van der Waals surface area (Å²) in [6.45, 7) is 1.77. The number of rotatable bonds is 3. The van der Waals surface area contributed by atoms with Crippen LogP contribution in [-0.4, -0.2) is 10.1 Å². The second-order valence-corrected chi connectivity index (χ2v) is 4.64. The highest BCUT2D eigenvalue weighted by Gasteiger charge is 2.16. The minimum absolute atomic E-state index is 0.0482. The second-order valence-electron chi connectivity index (χ2n) is 3.76. The Labute approximate surface area is 102 Å². The second kappa shape index (κ2) is 4.89. The van der Waals surface area contributed by atoms with Gasteiger partial charge in [-0.15, -0.1) is 11.3 Å². The smallest absolute Gasteiger partial charge is 0.126 e. The Balaban J connectivity index is 2.21. The summed E-state index contributed by atoms with van der Waals surface area (Å²) in [7, 11) is 0. The standard InChI is InChI=1S/C12H11F2NOS/c1-7-12(17-6-15-7)11(16)5-8-4-9(13)2-3-10(8)14/h2-4,6,11,16H,5H2,1H3. The van der Waals surface area contributed by atoms with Gasteiger partial charge in [-0.1, -0.05) is 0 Å². The molecular formula is C12H11F2NOS. The van der Waals surface area contributed by atoms with Crippen molar-refractivity contribution in [1.29, 1.82) is 0 Å². The fourth-order valence-corrected chi connectivity index (χ4v) is 2.42. The van der Waals surface area contributed by atoms with E-state index >= 15 is 0 Å². The van der Waals surface area contributed by atoms with Crippen LogP contribution in [0.2, 0.25) is 0 Å². The molecule has 0 spiro atoms. The SMILES string of the molecule is Cc1ncsc1C(O)Cc1cc(F)ccc1F. The highest BCUT2D eigenvalue weighted by atomic mass is 32.1. The molecule has 2 rings (SSSR count). The first-order chi connectivity index (χ1) is 8.08.